The third kappa shape index (κ3) is 2.43. The average Bonchev–Trinajstić information content (AvgIpc) is 2.46. The first-order valence-electron chi connectivity index (χ1n) is 6.55. The van der Waals surface area contributed by atoms with Gasteiger partial charge < -0.3 is 5.32 Å². The molecule has 1 N–H and O–H groups in total. The largest absolute Gasteiger partial charge is 0.416 e. The molecule has 0 amide bonds. The fraction of sp³-hybridized carbons (Fsp3) is 0.250. The van der Waals surface area contributed by atoms with E-state index in [4.69, 9.17) is 0 Å². The van der Waals surface area contributed by atoms with E-state index >= 15 is 0 Å². The predicted octanol–water partition coefficient (Wildman–Crippen LogP) is 4.02. The smallest absolute Gasteiger partial charge is 0.312 e. The fourth-order valence-corrected chi connectivity index (χ4v) is 2.67. The summed E-state index contributed by atoms with van der Waals surface area (Å²) < 4.78 is 38.4. The van der Waals surface area contributed by atoms with Crippen molar-refractivity contribution < 1.29 is 13.2 Å². The lowest BCUT2D eigenvalue weighted by Crippen LogP contribution is -2.24. The van der Waals surface area contributed by atoms with Crippen LogP contribution in [0.15, 0.2) is 42.5 Å². The zero-order chi connectivity index (χ0) is 14.2. The van der Waals surface area contributed by atoms with Gasteiger partial charge in [-0.2, -0.15) is 13.2 Å². The summed E-state index contributed by atoms with van der Waals surface area (Å²) in [7, 11) is 0. The Morgan fingerprint density at radius 2 is 1.80 bits per heavy atom. The highest BCUT2D eigenvalue weighted by molar-refractivity contribution is 5.70. The van der Waals surface area contributed by atoms with Gasteiger partial charge in [0.25, 0.3) is 0 Å². The Bertz CT molecular complexity index is 632. The van der Waals surface area contributed by atoms with Gasteiger partial charge in [-0.15, -0.1) is 0 Å². The molecule has 0 atom stereocenters. The number of hydrogen-bond acceptors (Lipinski definition) is 1. The van der Waals surface area contributed by atoms with Crippen molar-refractivity contribution in [1.29, 1.82) is 0 Å². The molecule has 104 valence electrons. The van der Waals surface area contributed by atoms with Crippen LogP contribution in [-0.4, -0.2) is 6.54 Å². The first kappa shape index (κ1) is 13.2. The van der Waals surface area contributed by atoms with Crippen molar-refractivity contribution >= 4 is 0 Å². The third-order valence-corrected chi connectivity index (χ3v) is 3.64. The van der Waals surface area contributed by atoms with Gasteiger partial charge in [0.1, 0.15) is 0 Å². The lowest BCUT2D eigenvalue weighted by Gasteiger charge is -2.21. The molecule has 1 nitrogen and oxygen atoms in total. The Labute approximate surface area is 115 Å². The molecule has 2 aromatic rings. The number of hydrogen-bond donors (Lipinski definition) is 1. The average molecular weight is 277 g/mol. The van der Waals surface area contributed by atoms with Crippen molar-refractivity contribution in [1.82, 2.24) is 5.32 Å². The lowest BCUT2D eigenvalue weighted by molar-refractivity contribution is -0.137. The van der Waals surface area contributed by atoms with E-state index in [1.807, 2.05) is 18.2 Å². The van der Waals surface area contributed by atoms with Gasteiger partial charge in [-0.3, -0.25) is 0 Å². The fourth-order valence-electron chi connectivity index (χ4n) is 2.67. The molecule has 3 rings (SSSR count). The molecule has 0 spiro atoms. The molecule has 2 aromatic carbocycles. The highest BCUT2D eigenvalue weighted by Gasteiger charge is 2.30. The van der Waals surface area contributed by atoms with Crippen molar-refractivity contribution in [2.75, 3.05) is 6.54 Å². The summed E-state index contributed by atoms with van der Waals surface area (Å²) in [5.74, 6) is 0. The van der Waals surface area contributed by atoms with Crippen LogP contribution >= 0.6 is 0 Å². The summed E-state index contributed by atoms with van der Waals surface area (Å²) >= 11 is 0. The van der Waals surface area contributed by atoms with Gasteiger partial charge in [0.05, 0.1) is 5.56 Å². The molecule has 0 saturated heterocycles. The molecule has 4 heteroatoms. The van der Waals surface area contributed by atoms with Crippen LogP contribution in [0.4, 0.5) is 13.2 Å². The van der Waals surface area contributed by atoms with Crippen LogP contribution in [-0.2, 0) is 19.1 Å². The third-order valence-electron chi connectivity index (χ3n) is 3.64. The highest BCUT2D eigenvalue weighted by Crippen LogP contribution is 2.34. The quantitative estimate of drug-likeness (QED) is 0.830. The van der Waals surface area contributed by atoms with Crippen LogP contribution in [0.3, 0.4) is 0 Å². The molecule has 0 fully saturated rings. The summed E-state index contributed by atoms with van der Waals surface area (Å²) in [6.45, 7) is 1.64. The van der Waals surface area contributed by atoms with Crippen LogP contribution in [0.2, 0.25) is 0 Å². The standard InChI is InChI=1S/C16H14F3N/c17-16(18,19)13-5-1-3-11(9-13)14-6-2-4-12-10-20-8-7-15(12)14/h1-6,9,20H,7-8,10H2. The minimum absolute atomic E-state index is 0.596. The molecule has 0 aliphatic carbocycles. The monoisotopic (exact) mass is 277 g/mol. The lowest BCUT2D eigenvalue weighted by atomic mass is 9.91. The maximum atomic E-state index is 12.8. The molecule has 0 radical (unpaired) electrons. The normalized spacial score (nSPS) is 14.9. The Morgan fingerprint density at radius 3 is 2.60 bits per heavy atom. The second kappa shape index (κ2) is 4.94. The number of benzene rings is 2. The van der Waals surface area contributed by atoms with Crippen molar-refractivity contribution in [3.8, 4) is 11.1 Å². The van der Waals surface area contributed by atoms with Crippen molar-refractivity contribution in [2.24, 2.45) is 0 Å². The zero-order valence-corrected chi connectivity index (χ0v) is 10.8. The van der Waals surface area contributed by atoms with Gasteiger partial charge in [0, 0.05) is 6.54 Å². The highest BCUT2D eigenvalue weighted by atomic mass is 19.4. The van der Waals surface area contributed by atoms with Crippen LogP contribution in [0.5, 0.6) is 0 Å². The van der Waals surface area contributed by atoms with E-state index in [1.165, 1.54) is 17.7 Å². The van der Waals surface area contributed by atoms with E-state index in [1.54, 1.807) is 6.07 Å². The van der Waals surface area contributed by atoms with Crippen LogP contribution in [0.1, 0.15) is 16.7 Å². The van der Waals surface area contributed by atoms with Crippen LogP contribution < -0.4 is 5.32 Å². The molecule has 0 saturated carbocycles. The van der Waals surface area contributed by atoms with Crippen LogP contribution in [0.25, 0.3) is 11.1 Å². The zero-order valence-electron chi connectivity index (χ0n) is 10.8. The number of halogens is 3. The molecular weight excluding hydrogens is 263 g/mol. The van der Waals surface area contributed by atoms with Crippen molar-refractivity contribution in [2.45, 2.75) is 19.1 Å². The minimum Gasteiger partial charge on any atom is -0.312 e. The van der Waals surface area contributed by atoms with Gasteiger partial charge in [0.15, 0.2) is 0 Å². The van der Waals surface area contributed by atoms with Crippen molar-refractivity contribution in [3.05, 3.63) is 59.2 Å². The molecule has 0 aromatic heterocycles. The van der Waals surface area contributed by atoms with E-state index in [-0.39, 0.29) is 0 Å². The topological polar surface area (TPSA) is 12.0 Å². The Kier molecular flexibility index (Phi) is 3.26. The molecule has 20 heavy (non-hydrogen) atoms. The molecule has 1 aliphatic rings. The molecule has 0 bridgehead atoms. The second-order valence-electron chi connectivity index (χ2n) is 4.95. The van der Waals surface area contributed by atoms with Gasteiger partial charge >= 0.3 is 6.18 Å². The van der Waals surface area contributed by atoms with Gasteiger partial charge in [0.2, 0.25) is 0 Å². The van der Waals surface area contributed by atoms with Gasteiger partial charge in [-0.25, -0.2) is 0 Å². The van der Waals surface area contributed by atoms with Crippen molar-refractivity contribution in [3.63, 3.8) is 0 Å². The maximum Gasteiger partial charge on any atom is 0.416 e. The molecular formula is C16H14F3N. The van der Waals surface area contributed by atoms with Gasteiger partial charge in [-0.1, -0.05) is 30.3 Å². The first-order valence-corrected chi connectivity index (χ1v) is 6.55. The molecule has 1 heterocycles. The Morgan fingerprint density at radius 1 is 1.00 bits per heavy atom. The van der Waals surface area contributed by atoms with Crippen LogP contribution in [0, 0.1) is 0 Å². The number of nitrogens with one attached hydrogen (secondary N) is 1. The molecule has 0 unspecified atom stereocenters. The van der Waals surface area contributed by atoms with E-state index in [0.717, 1.165) is 36.7 Å². The summed E-state index contributed by atoms with van der Waals surface area (Å²) in [5, 5.41) is 3.28. The maximum absolute atomic E-state index is 12.8. The SMILES string of the molecule is FC(F)(F)c1cccc(-c2cccc3c2CCNC3)c1. The minimum atomic E-state index is -4.30. The Hall–Kier alpha value is -1.81. The van der Waals surface area contributed by atoms with E-state index < -0.39 is 11.7 Å². The Balaban J connectivity index is 2.10. The first-order chi connectivity index (χ1) is 9.55. The summed E-state index contributed by atoms with van der Waals surface area (Å²) in [6, 6.07) is 11.4. The van der Waals surface area contributed by atoms with E-state index in [9.17, 15) is 13.2 Å². The second-order valence-corrected chi connectivity index (χ2v) is 4.95. The summed E-state index contributed by atoms with van der Waals surface area (Å²) in [5.41, 5.74) is 3.28. The number of fused-ring (bicyclic) bond motifs is 1. The summed E-state index contributed by atoms with van der Waals surface area (Å²) in [4.78, 5) is 0. The molecule has 1 aliphatic heterocycles. The number of rotatable bonds is 1. The van der Waals surface area contributed by atoms with E-state index in [0.29, 0.717) is 5.56 Å². The summed E-state index contributed by atoms with van der Waals surface area (Å²) in [6.07, 6.45) is -3.45. The number of alkyl halides is 3. The van der Waals surface area contributed by atoms with E-state index in [2.05, 4.69) is 5.32 Å². The predicted molar refractivity (Wildman–Crippen MR) is 72.3 cm³/mol. The van der Waals surface area contributed by atoms with Gasteiger partial charge in [-0.05, 0) is 47.4 Å².